The first kappa shape index (κ1) is 10.9. The highest BCUT2D eigenvalue weighted by Crippen LogP contribution is 2.26. The van der Waals surface area contributed by atoms with Crippen molar-refractivity contribution in [3.63, 3.8) is 0 Å². The second-order valence-corrected chi connectivity index (χ2v) is 5.02. The van der Waals surface area contributed by atoms with E-state index in [1.807, 2.05) is 6.21 Å². The summed E-state index contributed by atoms with van der Waals surface area (Å²) in [5, 5.41) is 0. The highest BCUT2D eigenvalue weighted by atomic mass is 15.1. The molecule has 2 heteroatoms. The van der Waals surface area contributed by atoms with Gasteiger partial charge >= 0.3 is 0 Å². The van der Waals surface area contributed by atoms with Crippen LogP contribution in [-0.4, -0.2) is 30.2 Å². The summed E-state index contributed by atoms with van der Waals surface area (Å²) < 4.78 is 0. The average molecular weight is 206 g/mol. The lowest BCUT2D eigenvalue weighted by molar-refractivity contribution is 0.149. The summed E-state index contributed by atoms with van der Waals surface area (Å²) in [6, 6.07) is 0.717. The number of likely N-dealkylation sites (tertiary alicyclic amines) is 1. The highest BCUT2D eigenvalue weighted by Gasteiger charge is 2.21. The summed E-state index contributed by atoms with van der Waals surface area (Å²) in [4.78, 5) is 6.99. The summed E-state index contributed by atoms with van der Waals surface area (Å²) in [5.41, 5.74) is 1.33. The summed E-state index contributed by atoms with van der Waals surface area (Å²) in [6.45, 7) is 7.15. The van der Waals surface area contributed by atoms with Crippen LogP contribution in [0.25, 0.3) is 0 Å². The van der Waals surface area contributed by atoms with E-state index in [1.165, 1.54) is 38.0 Å². The Bertz CT molecular complexity index is 258. The van der Waals surface area contributed by atoms with Gasteiger partial charge in [0.2, 0.25) is 0 Å². The van der Waals surface area contributed by atoms with Crippen LogP contribution < -0.4 is 0 Å². The Hall–Kier alpha value is -0.630. The van der Waals surface area contributed by atoms with E-state index in [0.29, 0.717) is 0 Å². The Kier molecular flexibility index (Phi) is 3.57. The largest absolute Gasteiger partial charge is 0.301 e. The molecule has 0 saturated carbocycles. The molecule has 1 saturated heterocycles. The average Bonchev–Trinajstić information content (AvgIpc) is 2.71. The van der Waals surface area contributed by atoms with E-state index in [2.05, 4.69) is 29.8 Å². The van der Waals surface area contributed by atoms with Gasteiger partial charge in [0.1, 0.15) is 0 Å². The second kappa shape index (κ2) is 4.93. The topological polar surface area (TPSA) is 15.6 Å². The molecule has 0 unspecified atom stereocenters. The molecular weight excluding hydrogens is 184 g/mol. The van der Waals surface area contributed by atoms with Crippen LogP contribution in [0.3, 0.4) is 0 Å². The van der Waals surface area contributed by atoms with Gasteiger partial charge in [0.15, 0.2) is 0 Å². The van der Waals surface area contributed by atoms with Gasteiger partial charge in [-0.05, 0) is 52.1 Å². The fourth-order valence-electron chi connectivity index (χ4n) is 2.52. The molecule has 0 bridgehead atoms. The predicted octanol–water partition coefficient (Wildman–Crippen LogP) is 2.86. The maximum absolute atomic E-state index is 4.41. The van der Waals surface area contributed by atoms with Crippen molar-refractivity contribution in [2.45, 2.75) is 45.6 Å². The molecule has 1 fully saturated rings. The van der Waals surface area contributed by atoms with Crippen molar-refractivity contribution in [1.29, 1.82) is 0 Å². The van der Waals surface area contributed by atoms with Crippen molar-refractivity contribution in [1.82, 2.24) is 4.90 Å². The van der Waals surface area contributed by atoms with Gasteiger partial charge in [0.05, 0.1) is 0 Å². The van der Waals surface area contributed by atoms with Crippen LogP contribution in [0.4, 0.5) is 0 Å². The molecule has 2 aliphatic rings. The van der Waals surface area contributed by atoms with E-state index in [0.717, 1.165) is 18.4 Å². The molecule has 0 aromatic carbocycles. The van der Waals surface area contributed by atoms with Crippen LogP contribution in [0.1, 0.15) is 39.5 Å². The minimum atomic E-state index is 0.717. The molecule has 0 radical (unpaired) electrons. The summed E-state index contributed by atoms with van der Waals surface area (Å²) in [7, 11) is 0. The number of aliphatic imine (C=N–C) groups is 1. The molecule has 2 heterocycles. The van der Waals surface area contributed by atoms with Gasteiger partial charge in [-0.25, -0.2) is 0 Å². The molecule has 2 aliphatic heterocycles. The third kappa shape index (κ3) is 2.91. The van der Waals surface area contributed by atoms with E-state index < -0.39 is 0 Å². The lowest BCUT2D eigenvalue weighted by Gasteiger charge is -2.34. The minimum Gasteiger partial charge on any atom is -0.301 e. The molecule has 0 atom stereocenters. The summed E-state index contributed by atoms with van der Waals surface area (Å²) in [6.07, 6.45) is 9.27. The van der Waals surface area contributed by atoms with E-state index in [9.17, 15) is 0 Å². The summed E-state index contributed by atoms with van der Waals surface area (Å²) >= 11 is 0. The Morgan fingerprint density at radius 1 is 1.40 bits per heavy atom. The Morgan fingerprint density at radius 3 is 2.67 bits per heavy atom. The van der Waals surface area contributed by atoms with Crippen LogP contribution in [0.2, 0.25) is 0 Å². The van der Waals surface area contributed by atoms with Crippen molar-refractivity contribution in [2.24, 2.45) is 10.9 Å². The van der Waals surface area contributed by atoms with Crippen molar-refractivity contribution < 1.29 is 0 Å². The maximum atomic E-state index is 4.41. The second-order valence-electron chi connectivity index (χ2n) is 5.02. The zero-order valence-corrected chi connectivity index (χ0v) is 9.95. The van der Waals surface area contributed by atoms with Crippen molar-refractivity contribution in [3.05, 3.63) is 11.8 Å². The molecule has 0 N–H and O–H groups in total. The minimum absolute atomic E-state index is 0.717. The molecule has 15 heavy (non-hydrogen) atoms. The molecule has 84 valence electrons. The van der Waals surface area contributed by atoms with E-state index in [4.69, 9.17) is 0 Å². The first-order valence-corrected chi connectivity index (χ1v) is 6.21. The normalized spacial score (nSPS) is 23.8. The Labute approximate surface area is 93.1 Å². The number of allylic oxidation sites excluding steroid dienone is 2. The number of rotatable bonds is 3. The Balaban J connectivity index is 1.76. The molecular formula is C13H22N2. The third-order valence-electron chi connectivity index (χ3n) is 3.59. The van der Waals surface area contributed by atoms with Crippen LogP contribution in [0.5, 0.6) is 0 Å². The molecule has 0 aliphatic carbocycles. The van der Waals surface area contributed by atoms with Crippen LogP contribution >= 0.6 is 0 Å². The lowest BCUT2D eigenvalue weighted by atomic mass is 9.91. The van der Waals surface area contributed by atoms with E-state index >= 15 is 0 Å². The number of hydrogen-bond acceptors (Lipinski definition) is 2. The zero-order chi connectivity index (χ0) is 10.7. The SMILES string of the molecule is CC(C)N1CCC(CC2=CCC=N2)CC1. The van der Waals surface area contributed by atoms with Gasteiger partial charge < -0.3 is 4.90 Å². The van der Waals surface area contributed by atoms with Gasteiger partial charge in [-0.2, -0.15) is 0 Å². The first-order valence-electron chi connectivity index (χ1n) is 6.21. The highest BCUT2D eigenvalue weighted by molar-refractivity contribution is 5.64. The fraction of sp³-hybridized carbons (Fsp3) is 0.769. The van der Waals surface area contributed by atoms with E-state index in [1.54, 1.807) is 0 Å². The zero-order valence-electron chi connectivity index (χ0n) is 9.95. The monoisotopic (exact) mass is 206 g/mol. The molecule has 0 aromatic heterocycles. The molecule has 0 aromatic rings. The van der Waals surface area contributed by atoms with Gasteiger partial charge in [-0.1, -0.05) is 6.08 Å². The van der Waals surface area contributed by atoms with E-state index in [-0.39, 0.29) is 0 Å². The van der Waals surface area contributed by atoms with Gasteiger partial charge in [0.25, 0.3) is 0 Å². The lowest BCUT2D eigenvalue weighted by Crippen LogP contribution is -2.38. The van der Waals surface area contributed by atoms with Gasteiger partial charge in [-0.3, -0.25) is 4.99 Å². The van der Waals surface area contributed by atoms with Crippen LogP contribution in [0, 0.1) is 5.92 Å². The molecule has 0 amide bonds. The first-order chi connectivity index (χ1) is 7.25. The molecule has 2 rings (SSSR count). The fourth-order valence-corrected chi connectivity index (χ4v) is 2.52. The Morgan fingerprint density at radius 2 is 2.13 bits per heavy atom. The van der Waals surface area contributed by atoms with Crippen molar-refractivity contribution in [3.8, 4) is 0 Å². The van der Waals surface area contributed by atoms with Crippen LogP contribution in [0.15, 0.2) is 16.8 Å². The number of piperidine rings is 1. The molecule has 2 nitrogen and oxygen atoms in total. The third-order valence-corrected chi connectivity index (χ3v) is 3.59. The quantitative estimate of drug-likeness (QED) is 0.693. The van der Waals surface area contributed by atoms with Crippen molar-refractivity contribution in [2.75, 3.05) is 13.1 Å². The van der Waals surface area contributed by atoms with Gasteiger partial charge in [0, 0.05) is 24.4 Å². The maximum Gasteiger partial charge on any atom is 0.0366 e. The smallest absolute Gasteiger partial charge is 0.0366 e. The number of hydrogen-bond donors (Lipinski definition) is 0. The van der Waals surface area contributed by atoms with Crippen molar-refractivity contribution >= 4 is 6.21 Å². The standard InChI is InChI=1S/C13H22N2/c1-11(2)15-8-5-12(6-9-15)10-13-4-3-7-14-13/h4,7,11-12H,3,5-6,8-10H2,1-2H3. The van der Waals surface area contributed by atoms with Gasteiger partial charge in [-0.15, -0.1) is 0 Å². The molecule has 0 spiro atoms. The van der Waals surface area contributed by atoms with Crippen LogP contribution in [-0.2, 0) is 0 Å². The summed E-state index contributed by atoms with van der Waals surface area (Å²) in [5.74, 6) is 0.876. The predicted molar refractivity (Wildman–Crippen MR) is 65.2 cm³/mol. The number of nitrogens with zero attached hydrogens (tertiary/aromatic N) is 2.